The fourth-order valence-corrected chi connectivity index (χ4v) is 2.44. The van der Waals surface area contributed by atoms with Crippen molar-refractivity contribution in [2.45, 2.75) is 33.2 Å². The number of anilines is 1. The third kappa shape index (κ3) is 3.92. The van der Waals surface area contributed by atoms with Gasteiger partial charge in [-0.2, -0.15) is 16.3 Å². The van der Waals surface area contributed by atoms with E-state index in [1.165, 1.54) is 5.56 Å². The van der Waals surface area contributed by atoms with Gasteiger partial charge in [-0.1, -0.05) is 6.92 Å². The van der Waals surface area contributed by atoms with Gasteiger partial charge >= 0.3 is 0 Å². The first-order chi connectivity index (χ1) is 9.19. The molecule has 0 aromatic carbocycles. The highest BCUT2D eigenvalue weighted by molar-refractivity contribution is 7.07. The zero-order valence-electron chi connectivity index (χ0n) is 11.5. The lowest BCUT2D eigenvalue weighted by Crippen LogP contribution is -2.10. The third-order valence-electron chi connectivity index (χ3n) is 2.67. The molecule has 0 aliphatic rings. The Morgan fingerprint density at radius 3 is 2.95 bits per heavy atom. The van der Waals surface area contributed by atoms with Gasteiger partial charge in [-0.15, -0.1) is 0 Å². The lowest BCUT2D eigenvalue weighted by atomic mass is 10.2. The molecule has 1 N–H and O–H groups in total. The van der Waals surface area contributed by atoms with Crippen molar-refractivity contribution >= 4 is 17.3 Å². The van der Waals surface area contributed by atoms with E-state index < -0.39 is 0 Å². The summed E-state index contributed by atoms with van der Waals surface area (Å²) in [6, 6.07) is 4.15. The van der Waals surface area contributed by atoms with Crippen molar-refractivity contribution in [3.63, 3.8) is 0 Å². The average molecular weight is 277 g/mol. The minimum absolute atomic E-state index is 0.187. The Kier molecular flexibility index (Phi) is 4.74. The van der Waals surface area contributed by atoms with Gasteiger partial charge in [0.15, 0.2) is 0 Å². The SMILES string of the molecule is CCCOc1cc(C)nc(NC(C)c2ccsc2)n1. The van der Waals surface area contributed by atoms with Crippen molar-refractivity contribution in [1.29, 1.82) is 0 Å². The molecule has 0 saturated carbocycles. The van der Waals surface area contributed by atoms with E-state index >= 15 is 0 Å². The molecule has 0 radical (unpaired) electrons. The normalized spacial score (nSPS) is 12.2. The van der Waals surface area contributed by atoms with Crippen molar-refractivity contribution in [1.82, 2.24) is 9.97 Å². The molecule has 2 rings (SSSR count). The van der Waals surface area contributed by atoms with Crippen LogP contribution in [0.3, 0.4) is 0 Å². The van der Waals surface area contributed by atoms with Gasteiger partial charge in [0.2, 0.25) is 11.8 Å². The maximum atomic E-state index is 5.56. The Labute approximate surface area is 117 Å². The van der Waals surface area contributed by atoms with Crippen LogP contribution in [-0.4, -0.2) is 16.6 Å². The number of aromatic nitrogens is 2. The zero-order valence-corrected chi connectivity index (χ0v) is 12.3. The predicted molar refractivity (Wildman–Crippen MR) is 78.9 cm³/mol. The van der Waals surface area contributed by atoms with Crippen LogP contribution in [0.5, 0.6) is 5.88 Å². The standard InChI is InChI=1S/C14H19N3OS/c1-4-6-18-13-8-10(2)15-14(17-13)16-11(3)12-5-7-19-9-12/h5,7-9,11H,4,6H2,1-3H3,(H,15,16,17). The van der Waals surface area contributed by atoms with E-state index in [4.69, 9.17) is 4.74 Å². The Bertz CT molecular complexity index is 513. The molecule has 19 heavy (non-hydrogen) atoms. The van der Waals surface area contributed by atoms with Crippen molar-refractivity contribution in [3.05, 3.63) is 34.2 Å². The van der Waals surface area contributed by atoms with Crippen molar-refractivity contribution in [3.8, 4) is 5.88 Å². The van der Waals surface area contributed by atoms with E-state index in [9.17, 15) is 0 Å². The lowest BCUT2D eigenvalue weighted by molar-refractivity contribution is 0.305. The number of aryl methyl sites for hydroxylation is 1. The minimum Gasteiger partial charge on any atom is -0.478 e. The molecule has 4 nitrogen and oxygen atoms in total. The van der Waals surface area contributed by atoms with E-state index in [-0.39, 0.29) is 6.04 Å². The van der Waals surface area contributed by atoms with Gasteiger partial charge in [-0.05, 0) is 42.7 Å². The summed E-state index contributed by atoms with van der Waals surface area (Å²) < 4.78 is 5.56. The summed E-state index contributed by atoms with van der Waals surface area (Å²) >= 11 is 1.69. The van der Waals surface area contributed by atoms with E-state index in [1.54, 1.807) is 11.3 Å². The van der Waals surface area contributed by atoms with Crippen molar-refractivity contribution in [2.75, 3.05) is 11.9 Å². The molecule has 0 aliphatic carbocycles. The second kappa shape index (κ2) is 6.52. The molecule has 0 aliphatic heterocycles. The predicted octanol–water partition coefficient (Wildman–Crippen LogP) is 3.81. The molecular formula is C14H19N3OS. The molecule has 102 valence electrons. The topological polar surface area (TPSA) is 47.0 Å². The van der Waals surface area contributed by atoms with Crippen molar-refractivity contribution < 1.29 is 4.74 Å². The maximum absolute atomic E-state index is 5.56. The zero-order chi connectivity index (χ0) is 13.7. The minimum atomic E-state index is 0.187. The highest BCUT2D eigenvalue weighted by Gasteiger charge is 2.09. The second-order valence-electron chi connectivity index (χ2n) is 4.44. The van der Waals surface area contributed by atoms with Crippen molar-refractivity contribution in [2.24, 2.45) is 0 Å². The quantitative estimate of drug-likeness (QED) is 0.872. The summed E-state index contributed by atoms with van der Waals surface area (Å²) in [6.07, 6.45) is 0.969. The van der Waals surface area contributed by atoms with E-state index in [0.29, 0.717) is 18.4 Å². The van der Waals surface area contributed by atoms with Crippen LogP contribution in [0.25, 0.3) is 0 Å². The largest absolute Gasteiger partial charge is 0.478 e. The maximum Gasteiger partial charge on any atom is 0.226 e. The molecule has 0 saturated heterocycles. The Morgan fingerprint density at radius 2 is 2.26 bits per heavy atom. The van der Waals surface area contributed by atoms with Gasteiger partial charge < -0.3 is 10.1 Å². The Hall–Kier alpha value is -1.62. The summed E-state index contributed by atoms with van der Waals surface area (Å²) in [5.41, 5.74) is 2.15. The fourth-order valence-electron chi connectivity index (χ4n) is 1.68. The fraction of sp³-hybridized carbons (Fsp3) is 0.429. The Morgan fingerprint density at radius 1 is 1.42 bits per heavy atom. The lowest BCUT2D eigenvalue weighted by Gasteiger charge is -2.14. The van der Waals surface area contributed by atoms with Crippen LogP contribution in [0.15, 0.2) is 22.9 Å². The monoisotopic (exact) mass is 277 g/mol. The molecule has 1 unspecified atom stereocenters. The number of hydrogen-bond donors (Lipinski definition) is 1. The van der Waals surface area contributed by atoms with Crippen LogP contribution in [0.1, 0.15) is 37.6 Å². The highest BCUT2D eigenvalue weighted by Crippen LogP contribution is 2.20. The molecule has 0 spiro atoms. The number of rotatable bonds is 6. The first-order valence-electron chi connectivity index (χ1n) is 6.46. The number of hydrogen-bond acceptors (Lipinski definition) is 5. The van der Waals surface area contributed by atoms with Gasteiger partial charge in [-0.3, -0.25) is 0 Å². The summed E-state index contributed by atoms with van der Waals surface area (Å²) in [5, 5.41) is 7.50. The summed E-state index contributed by atoms with van der Waals surface area (Å²) in [6.45, 7) is 6.79. The average Bonchev–Trinajstić information content (AvgIpc) is 2.89. The van der Waals surface area contributed by atoms with E-state index in [0.717, 1.165) is 12.1 Å². The van der Waals surface area contributed by atoms with Gasteiger partial charge in [0, 0.05) is 11.8 Å². The van der Waals surface area contributed by atoms with Gasteiger partial charge in [0.25, 0.3) is 0 Å². The number of nitrogens with zero attached hydrogens (tertiary/aromatic N) is 2. The van der Waals surface area contributed by atoms with Crippen LogP contribution in [0.4, 0.5) is 5.95 Å². The Balaban J connectivity index is 2.09. The molecule has 1 atom stereocenters. The summed E-state index contributed by atoms with van der Waals surface area (Å²) in [4.78, 5) is 8.77. The van der Waals surface area contributed by atoms with Crippen LogP contribution in [-0.2, 0) is 0 Å². The summed E-state index contributed by atoms with van der Waals surface area (Å²) in [7, 11) is 0. The number of nitrogens with one attached hydrogen (secondary N) is 1. The molecule has 0 fully saturated rings. The second-order valence-corrected chi connectivity index (χ2v) is 5.22. The molecule has 2 aromatic heterocycles. The third-order valence-corrected chi connectivity index (χ3v) is 3.38. The molecule has 2 aromatic rings. The molecule has 2 heterocycles. The molecule has 0 amide bonds. The number of ether oxygens (including phenoxy) is 1. The smallest absolute Gasteiger partial charge is 0.226 e. The van der Waals surface area contributed by atoms with Crippen LogP contribution in [0, 0.1) is 6.92 Å². The highest BCUT2D eigenvalue weighted by atomic mass is 32.1. The van der Waals surface area contributed by atoms with Gasteiger partial charge in [0.1, 0.15) is 0 Å². The van der Waals surface area contributed by atoms with Crippen LogP contribution in [0.2, 0.25) is 0 Å². The summed E-state index contributed by atoms with van der Waals surface area (Å²) in [5.74, 6) is 1.25. The number of thiophene rings is 1. The van der Waals surface area contributed by atoms with Gasteiger partial charge in [-0.25, -0.2) is 4.98 Å². The molecule has 0 bridgehead atoms. The molecular weight excluding hydrogens is 258 g/mol. The molecule has 5 heteroatoms. The van der Waals surface area contributed by atoms with E-state index in [2.05, 4.69) is 46.0 Å². The first-order valence-corrected chi connectivity index (χ1v) is 7.40. The van der Waals surface area contributed by atoms with E-state index in [1.807, 2.05) is 13.0 Å². The van der Waals surface area contributed by atoms with Crippen LogP contribution >= 0.6 is 11.3 Å². The van der Waals surface area contributed by atoms with Crippen LogP contribution < -0.4 is 10.1 Å². The first kappa shape index (κ1) is 13.8. The van der Waals surface area contributed by atoms with Gasteiger partial charge in [0.05, 0.1) is 12.6 Å².